The fraction of sp³-hybridized carbons (Fsp3) is 0.538. The van der Waals surface area contributed by atoms with E-state index >= 15 is 0 Å². The average Bonchev–Trinajstić information content (AvgIpc) is 2.59. The predicted octanol–water partition coefficient (Wildman–Crippen LogP) is -1.67. The zero-order valence-electron chi connectivity index (χ0n) is 13.0. The van der Waals surface area contributed by atoms with Crippen molar-refractivity contribution < 1.29 is 38.1 Å². The molecule has 0 amide bonds. The summed E-state index contributed by atoms with van der Waals surface area (Å²) in [5.41, 5.74) is -0.259. The molecule has 1 heterocycles. The summed E-state index contributed by atoms with van der Waals surface area (Å²) >= 11 is 0. The van der Waals surface area contributed by atoms with Crippen molar-refractivity contribution in [1.82, 2.24) is 4.72 Å². The summed E-state index contributed by atoms with van der Waals surface area (Å²) in [6.45, 7) is -0.413. The van der Waals surface area contributed by atoms with Crippen LogP contribution in [0.3, 0.4) is 0 Å². The summed E-state index contributed by atoms with van der Waals surface area (Å²) in [5, 5.41) is 39.9. The lowest BCUT2D eigenvalue weighted by atomic mass is 9.99. The molecule has 0 bridgehead atoms. The quantitative estimate of drug-likeness (QED) is 0.334. The van der Waals surface area contributed by atoms with Gasteiger partial charge in [0.1, 0.15) is 24.4 Å². The first-order chi connectivity index (χ1) is 11.7. The van der Waals surface area contributed by atoms with Gasteiger partial charge in [0.05, 0.1) is 9.82 Å². The zero-order valence-corrected chi connectivity index (χ0v) is 13.9. The van der Waals surface area contributed by atoms with Crippen molar-refractivity contribution in [3.8, 4) is 0 Å². The summed E-state index contributed by atoms with van der Waals surface area (Å²) in [6.07, 6.45) is -7.00. The summed E-state index contributed by atoms with van der Waals surface area (Å²) in [4.78, 5) is 9.71. The fourth-order valence-electron chi connectivity index (χ4n) is 2.30. The van der Waals surface area contributed by atoms with Crippen LogP contribution in [0, 0.1) is 10.1 Å². The molecule has 25 heavy (non-hydrogen) atoms. The summed E-state index contributed by atoms with van der Waals surface area (Å²) in [6, 6.07) is 4.22. The largest absolute Gasteiger partial charge is 0.388 e. The first-order valence-electron chi connectivity index (χ1n) is 7.14. The minimum Gasteiger partial charge on any atom is -0.388 e. The Morgan fingerprint density at radius 1 is 1.20 bits per heavy atom. The molecule has 0 aromatic heterocycles. The van der Waals surface area contributed by atoms with Crippen LogP contribution in [0.4, 0.5) is 5.69 Å². The van der Waals surface area contributed by atoms with Gasteiger partial charge in [-0.25, -0.2) is 13.1 Å². The molecular weight excluding hydrogens is 360 g/mol. The molecule has 0 unspecified atom stereocenters. The standard InChI is InChI=1S/C13H18N2O9S/c1-23-13-12(18)11(17)10(16)9(24-13)6-14-25(21,22)8-4-2-7(3-5-8)15(19)20/h2-5,9-14,16-18H,6H2,1H3/t9-,10-,11+,12+,13+/m1/s1. The molecule has 0 saturated carbocycles. The Hall–Kier alpha value is -1.67. The van der Waals surface area contributed by atoms with Crippen LogP contribution in [-0.4, -0.2) is 73.0 Å². The Morgan fingerprint density at radius 2 is 1.80 bits per heavy atom. The number of nitrogens with one attached hydrogen (secondary N) is 1. The van der Waals surface area contributed by atoms with Gasteiger partial charge in [-0.3, -0.25) is 10.1 Å². The maximum atomic E-state index is 12.2. The van der Waals surface area contributed by atoms with E-state index in [9.17, 15) is 33.9 Å². The number of nitro groups is 1. The van der Waals surface area contributed by atoms with Gasteiger partial charge in [0.2, 0.25) is 10.0 Å². The van der Waals surface area contributed by atoms with Crippen LogP contribution in [-0.2, 0) is 19.5 Å². The Bertz CT molecular complexity index is 707. The lowest BCUT2D eigenvalue weighted by Crippen LogP contribution is -2.60. The predicted molar refractivity (Wildman–Crippen MR) is 82.0 cm³/mol. The van der Waals surface area contributed by atoms with Gasteiger partial charge in [-0.1, -0.05) is 0 Å². The lowest BCUT2D eigenvalue weighted by molar-refractivity contribution is -0.384. The SMILES string of the molecule is CO[C@H]1O[C@H](CNS(=O)(=O)c2ccc([N+](=O)[O-])cc2)[C@@H](O)[C@H](O)[C@@H]1O. The fourth-order valence-corrected chi connectivity index (χ4v) is 3.35. The van der Waals surface area contributed by atoms with E-state index in [0.717, 1.165) is 24.3 Å². The number of nitrogens with zero attached hydrogens (tertiary/aromatic N) is 1. The number of sulfonamides is 1. The van der Waals surface area contributed by atoms with E-state index in [4.69, 9.17) is 9.47 Å². The molecule has 1 fully saturated rings. The van der Waals surface area contributed by atoms with Gasteiger partial charge in [-0.05, 0) is 12.1 Å². The Morgan fingerprint density at radius 3 is 2.32 bits per heavy atom. The second-order valence-corrected chi connectivity index (χ2v) is 7.12. The molecule has 0 spiro atoms. The average molecular weight is 378 g/mol. The highest BCUT2D eigenvalue weighted by molar-refractivity contribution is 7.89. The summed E-state index contributed by atoms with van der Waals surface area (Å²) < 4.78 is 36.6. The van der Waals surface area contributed by atoms with E-state index in [1.165, 1.54) is 7.11 Å². The number of ether oxygens (including phenoxy) is 2. The third-order valence-electron chi connectivity index (χ3n) is 3.73. The molecule has 0 aliphatic carbocycles. The van der Waals surface area contributed by atoms with Gasteiger partial charge >= 0.3 is 0 Å². The first kappa shape index (κ1) is 19.7. The molecule has 5 atom stereocenters. The van der Waals surface area contributed by atoms with E-state index in [1.807, 2.05) is 0 Å². The van der Waals surface area contributed by atoms with Crippen LogP contribution in [0.2, 0.25) is 0 Å². The van der Waals surface area contributed by atoms with Crippen LogP contribution in [0.1, 0.15) is 0 Å². The third kappa shape index (κ3) is 4.30. The van der Waals surface area contributed by atoms with Gasteiger partial charge in [-0.2, -0.15) is 0 Å². The number of non-ortho nitro benzene ring substituents is 1. The second-order valence-electron chi connectivity index (χ2n) is 5.35. The molecule has 0 radical (unpaired) electrons. The molecule has 1 aromatic carbocycles. The lowest BCUT2D eigenvalue weighted by Gasteiger charge is -2.39. The van der Waals surface area contributed by atoms with Gasteiger partial charge in [-0.15, -0.1) is 0 Å². The highest BCUT2D eigenvalue weighted by Crippen LogP contribution is 2.22. The second kappa shape index (κ2) is 7.70. The van der Waals surface area contributed by atoms with E-state index in [1.54, 1.807) is 0 Å². The Kier molecular flexibility index (Phi) is 6.05. The molecule has 1 aliphatic heterocycles. The molecule has 2 rings (SSSR count). The number of aliphatic hydroxyl groups excluding tert-OH is 3. The number of hydrogen-bond acceptors (Lipinski definition) is 9. The van der Waals surface area contributed by atoms with Crippen LogP contribution in [0.5, 0.6) is 0 Å². The van der Waals surface area contributed by atoms with E-state index in [0.29, 0.717) is 0 Å². The van der Waals surface area contributed by atoms with Gasteiger partial charge in [0.15, 0.2) is 6.29 Å². The molecule has 4 N–H and O–H groups in total. The van der Waals surface area contributed by atoms with Crippen molar-refractivity contribution in [2.45, 2.75) is 35.6 Å². The van der Waals surface area contributed by atoms with Crippen molar-refractivity contribution >= 4 is 15.7 Å². The maximum Gasteiger partial charge on any atom is 0.269 e. The molecule has 1 aliphatic rings. The number of nitro benzene ring substituents is 1. The van der Waals surface area contributed by atoms with Crippen molar-refractivity contribution in [2.75, 3.05) is 13.7 Å². The Labute approximate surface area is 143 Å². The van der Waals surface area contributed by atoms with Crippen LogP contribution in [0.15, 0.2) is 29.2 Å². The highest BCUT2D eigenvalue weighted by Gasteiger charge is 2.44. The summed E-state index contributed by atoms with van der Waals surface area (Å²) in [5.74, 6) is 0. The van der Waals surface area contributed by atoms with E-state index < -0.39 is 52.2 Å². The first-order valence-corrected chi connectivity index (χ1v) is 8.62. The molecule has 1 aromatic rings. The third-order valence-corrected chi connectivity index (χ3v) is 5.17. The smallest absolute Gasteiger partial charge is 0.269 e. The van der Waals surface area contributed by atoms with Gasteiger partial charge < -0.3 is 24.8 Å². The van der Waals surface area contributed by atoms with E-state index in [2.05, 4.69) is 4.72 Å². The monoisotopic (exact) mass is 378 g/mol. The number of benzene rings is 1. The molecular formula is C13H18N2O9S. The minimum atomic E-state index is -4.03. The number of hydrogen-bond donors (Lipinski definition) is 4. The van der Waals surface area contributed by atoms with Crippen molar-refractivity contribution in [1.29, 1.82) is 0 Å². The van der Waals surface area contributed by atoms with Crippen LogP contribution in [0.25, 0.3) is 0 Å². The summed E-state index contributed by atoms with van der Waals surface area (Å²) in [7, 11) is -2.81. The Balaban J connectivity index is 2.07. The van der Waals surface area contributed by atoms with Gasteiger partial charge in [0, 0.05) is 25.8 Å². The number of methoxy groups -OCH3 is 1. The van der Waals surface area contributed by atoms with Crippen molar-refractivity contribution in [3.63, 3.8) is 0 Å². The normalized spacial score (nSPS) is 30.2. The van der Waals surface area contributed by atoms with Crippen LogP contribution < -0.4 is 4.72 Å². The number of aliphatic hydroxyl groups is 3. The molecule has 1 saturated heterocycles. The topological polar surface area (TPSA) is 168 Å². The van der Waals surface area contributed by atoms with Crippen LogP contribution >= 0.6 is 0 Å². The molecule has 140 valence electrons. The molecule has 12 heteroatoms. The highest BCUT2D eigenvalue weighted by atomic mass is 32.2. The zero-order chi connectivity index (χ0) is 18.8. The minimum absolute atomic E-state index is 0.215. The molecule has 11 nitrogen and oxygen atoms in total. The van der Waals surface area contributed by atoms with Crippen molar-refractivity contribution in [3.05, 3.63) is 34.4 Å². The number of rotatable bonds is 6. The van der Waals surface area contributed by atoms with Crippen molar-refractivity contribution in [2.24, 2.45) is 0 Å². The van der Waals surface area contributed by atoms with E-state index in [-0.39, 0.29) is 10.6 Å². The maximum absolute atomic E-state index is 12.2. The van der Waals surface area contributed by atoms with Gasteiger partial charge in [0.25, 0.3) is 5.69 Å².